The number of rotatable bonds is 6. The molecule has 0 spiro atoms. The minimum Gasteiger partial charge on any atom is -0.497 e. The number of nitrogen functional groups attached to an aromatic ring is 1. The van der Waals surface area contributed by atoms with Gasteiger partial charge in [0.2, 0.25) is 0 Å². The summed E-state index contributed by atoms with van der Waals surface area (Å²) in [4.78, 5) is 15.1. The second-order valence-electron chi connectivity index (χ2n) is 6.72. The summed E-state index contributed by atoms with van der Waals surface area (Å²) in [6, 6.07) is 13.5. The molecule has 2 aromatic rings. The number of halogens is 2. The Labute approximate surface area is 184 Å². The Balaban J connectivity index is 0.00000210. The van der Waals surface area contributed by atoms with Crippen LogP contribution >= 0.6 is 24.8 Å². The van der Waals surface area contributed by atoms with Gasteiger partial charge in [-0.25, -0.2) is 0 Å². The zero-order chi connectivity index (χ0) is 19.2. The zero-order valence-electron chi connectivity index (χ0n) is 16.7. The van der Waals surface area contributed by atoms with Crippen molar-refractivity contribution in [2.75, 3.05) is 45.7 Å². The fraction of sp³-hybridized carbons (Fsp3) is 0.381. The Bertz CT molecular complexity index is 781. The molecule has 1 heterocycles. The van der Waals surface area contributed by atoms with Gasteiger partial charge in [0.15, 0.2) is 0 Å². The van der Waals surface area contributed by atoms with E-state index in [1.54, 1.807) is 19.2 Å². The molecule has 0 radical (unpaired) electrons. The third kappa shape index (κ3) is 6.51. The van der Waals surface area contributed by atoms with Crippen molar-refractivity contribution in [1.29, 1.82) is 0 Å². The van der Waals surface area contributed by atoms with Crippen LogP contribution in [0.2, 0.25) is 0 Å². The van der Waals surface area contributed by atoms with Crippen LogP contribution in [0.1, 0.15) is 27.5 Å². The molecule has 1 aliphatic heterocycles. The topological polar surface area (TPSA) is 76.8 Å². The van der Waals surface area contributed by atoms with E-state index in [1.165, 1.54) is 0 Å². The number of nitrogens with one attached hydrogen (secondary N) is 1. The predicted octanol–water partition coefficient (Wildman–Crippen LogP) is 3.23. The van der Waals surface area contributed by atoms with Gasteiger partial charge in [-0.15, -0.1) is 24.8 Å². The first-order chi connectivity index (χ1) is 13.1. The largest absolute Gasteiger partial charge is 0.497 e. The number of carbonyl (C=O) groups is 1. The molecule has 29 heavy (non-hydrogen) atoms. The van der Waals surface area contributed by atoms with Gasteiger partial charge >= 0.3 is 0 Å². The van der Waals surface area contributed by atoms with Crippen LogP contribution in [-0.2, 0) is 4.74 Å². The van der Waals surface area contributed by atoms with E-state index in [4.69, 9.17) is 15.2 Å². The molecule has 1 amide bonds. The molecule has 6 nitrogen and oxygen atoms in total. The SMILES string of the molecule is COc1ccc(C(CNC(=O)c2cc(N)ccc2C)N2CCOCC2)cc1.Cl.Cl. The number of methoxy groups -OCH3 is 1. The van der Waals surface area contributed by atoms with Crippen molar-refractivity contribution in [1.82, 2.24) is 10.2 Å². The first kappa shape index (κ1) is 25.0. The molecule has 0 saturated carbocycles. The van der Waals surface area contributed by atoms with Crippen LogP contribution in [0.25, 0.3) is 0 Å². The predicted molar refractivity (Wildman–Crippen MR) is 121 cm³/mol. The molecule has 1 saturated heterocycles. The minimum atomic E-state index is -0.105. The second kappa shape index (κ2) is 11.9. The molecule has 1 atom stereocenters. The van der Waals surface area contributed by atoms with E-state index in [0.717, 1.165) is 30.0 Å². The first-order valence-corrected chi connectivity index (χ1v) is 9.18. The molecular formula is C21H29Cl2N3O3. The van der Waals surface area contributed by atoms with E-state index >= 15 is 0 Å². The number of hydrogen-bond donors (Lipinski definition) is 2. The zero-order valence-corrected chi connectivity index (χ0v) is 18.4. The third-order valence-electron chi connectivity index (χ3n) is 4.95. The molecule has 8 heteroatoms. The highest BCUT2D eigenvalue weighted by atomic mass is 35.5. The minimum absolute atomic E-state index is 0. The molecule has 0 aromatic heterocycles. The summed E-state index contributed by atoms with van der Waals surface area (Å²) in [6.45, 7) is 5.51. The van der Waals surface area contributed by atoms with E-state index in [1.807, 2.05) is 25.1 Å². The fourth-order valence-electron chi connectivity index (χ4n) is 3.34. The summed E-state index contributed by atoms with van der Waals surface area (Å²) in [6.07, 6.45) is 0. The third-order valence-corrected chi connectivity index (χ3v) is 4.95. The van der Waals surface area contributed by atoms with Gasteiger partial charge in [0.25, 0.3) is 5.91 Å². The summed E-state index contributed by atoms with van der Waals surface area (Å²) in [5.41, 5.74) is 9.10. The van der Waals surface area contributed by atoms with Crippen molar-refractivity contribution in [2.24, 2.45) is 0 Å². The van der Waals surface area contributed by atoms with Gasteiger partial charge in [-0.05, 0) is 42.3 Å². The van der Waals surface area contributed by atoms with Crippen LogP contribution in [0.5, 0.6) is 5.75 Å². The summed E-state index contributed by atoms with van der Waals surface area (Å²) in [7, 11) is 1.66. The van der Waals surface area contributed by atoms with Crippen molar-refractivity contribution < 1.29 is 14.3 Å². The maximum Gasteiger partial charge on any atom is 0.251 e. The summed E-state index contributed by atoms with van der Waals surface area (Å²) >= 11 is 0. The lowest BCUT2D eigenvalue weighted by atomic mass is 10.0. The number of benzene rings is 2. The van der Waals surface area contributed by atoms with Crippen molar-refractivity contribution in [3.8, 4) is 5.75 Å². The van der Waals surface area contributed by atoms with Crippen molar-refractivity contribution in [3.63, 3.8) is 0 Å². The van der Waals surface area contributed by atoms with Gasteiger partial charge in [-0.3, -0.25) is 9.69 Å². The Hall–Kier alpha value is -1.99. The van der Waals surface area contributed by atoms with Crippen LogP contribution in [-0.4, -0.2) is 50.8 Å². The van der Waals surface area contributed by atoms with E-state index in [9.17, 15) is 4.79 Å². The highest BCUT2D eigenvalue weighted by Gasteiger charge is 2.23. The smallest absolute Gasteiger partial charge is 0.251 e. The number of nitrogens with zero attached hydrogens (tertiary/aromatic N) is 1. The number of ether oxygens (including phenoxy) is 2. The Morgan fingerprint density at radius 1 is 1.17 bits per heavy atom. The molecule has 3 N–H and O–H groups in total. The Morgan fingerprint density at radius 3 is 2.45 bits per heavy atom. The lowest BCUT2D eigenvalue weighted by Crippen LogP contribution is -2.43. The highest BCUT2D eigenvalue weighted by Crippen LogP contribution is 2.24. The molecular weight excluding hydrogens is 413 g/mol. The van der Waals surface area contributed by atoms with Gasteiger partial charge in [0, 0.05) is 30.9 Å². The summed E-state index contributed by atoms with van der Waals surface area (Å²) in [5, 5.41) is 3.08. The number of morpholine rings is 1. The molecule has 1 fully saturated rings. The van der Waals surface area contributed by atoms with E-state index in [0.29, 0.717) is 31.0 Å². The van der Waals surface area contributed by atoms with E-state index in [2.05, 4.69) is 22.3 Å². The van der Waals surface area contributed by atoms with Crippen molar-refractivity contribution in [3.05, 3.63) is 59.2 Å². The van der Waals surface area contributed by atoms with Crippen LogP contribution in [0.4, 0.5) is 5.69 Å². The van der Waals surface area contributed by atoms with Crippen molar-refractivity contribution in [2.45, 2.75) is 13.0 Å². The van der Waals surface area contributed by atoms with Gasteiger partial charge < -0.3 is 20.5 Å². The number of amides is 1. The number of aryl methyl sites for hydroxylation is 1. The molecule has 3 rings (SSSR count). The number of anilines is 1. The molecule has 1 aliphatic rings. The van der Waals surface area contributed by atoms with Gasteiger partial charge in [0.05, 0.1) is 26.4 Å². The molecule has 160 valence electrons. The maximum atomic E-state index is 12.7. The Morgan fingerprint density at radius 2 is 1.83 bits per heavy atom. The van der Waals surface area contributed by atoms with Crippen LogP contribution in [0.3, 0.4) is 0 Å². The lowest BCUT2D eigenvalue weighted by Gasteiger charge is -2.35. The Kier molecular flexibility index (Phi) is 10.3. The molecule has 1 unspecified atom stereocenters. The standard InChI is InChI=1S/C21H27N3O3.2ClH/c1-15-3-6-17(22)13-19(15)21(25)23-14-20(24-9-11-27-12-10-24)16-4-7-18(26-2)8-5-16;;/h3-8,13,20H,9-12,14,22H2,1-2H3,(H,23,25);2*1H. The second-order valence-corrected chi connectivity index (χ2v) is 6.72. The number of hydrogen-bond acceptors (Lipinski definition) is 5. The number of carbonyl (C=O) groups excluding carboxylic acids is 1. The van der Waals surface area contributed by atoms with Crippen LogP contribution in [0.15, 0.2) is 42.5 Å². The van der Waals surface area contributed by atoms with Gasteiger partial charge in [0.1, 0.15) is 5.75 Å². The normalized spacial score (nSPS) is 14.8. The molecule has 0 aliphatic carbocycles. The van der Waals surface area contributed by atoms with Crippen LogP contribution < -0.4 is 15.8 Å². The molecule has 0 bridgehead atoms. The first-order valence-electron chi connectivity index (χ1n) is 9.18. The number of nitrogens with two attached hydrogens (primary N) is 1. The lowest BCUT2D eigenvalue weighted by molar-refractivity contribution is 0.0162. The van der Waals surface area contributed by atoms with Crippen LogP contribution in [0, 0.1) is 6.92 Å². The average Bonchev–Trinajstić information content (AvgIpc) is 2.71. The monoisotopic (exact) mass is 441 g/mol. The molecule has 2 aromatic carbocycles. The van der Waals surface area contributed by atoms with Gasteiger partial charge in [-0.2, -0.15) is 0 Å². The summed E-state index contributed by atoms with van der Waals surface area (Å²) in [5.74, 6) is 0.713. The van der Waals surface area contributed by atoms with Crippen molar-refractivity contribution >= 4 is 36.4 Å². The fourth-order valence-corrected chi connectivity index (χ4v) is 3.34. The average molecular weight is 442 g/mol. The van der Waals surface area contributed by atoms with E-state index < -0.39 is 0 Å². The summed E-state index contributed by atoms with van der Waals surface area (Å²) < 4.78 is 10.7. The maximum absolute atomic E-state index is 12.7. The van der Waals surface area contributed by atoms with Gasteiger partial charge in [-0.1, -0.05) is 18.2 Å². The quantitative estimate of drug-likeness (QED) is 0.672. The van der Waals surface area contributed by atoms with E-state index in [-0.39, 0.29) is 36.8 Å². The highest BCUT2D eigenvalue weighted by molar-refractivity contribution is 5.96.